The Kier molecular flexibility index (Phi) is 2.45. The Morgan fingerprint density at radius 2 is 2.50 bits per heavy atom. The molecule has 0 aliphatic heterocycles. The summed E-state index contributed by atoms with van der Waals surface area (Å²) < 4.78 is 5.64. The average molecular weight is 221 g/mol. The first-order chi connectivity index (χ1) is 4.70. The van der Waals surface area contributed by atoms with Gasteiger partial charge in [0.05, 0.1) is 4.47 Å². The fraction of sp³-hybridized carbons (Fsp3) is 0.167. The lowest BCUT2D eigenvalue weighted by Gasteiger charge is -1.94. The van der Waals surface area contributed by atoms with Crippen LogP contribution >= 0.6 is 27.3 Å². The molecule has 1 heterocycles. The second kappa shape index (κ2) is 3.16. The van der Waals surface area contributed by atoms with Crippen LogP contribution in [0.25, 0.3) is 0 Å². The summed E-state index contributed by atoms with van der Waals surface area (Å²) in [5, 5.41) is 2.47. The molecule has 0 fully saturated rings. The molecule has 0 aromatic carbocycles. The molecule has 2 nitrogen and oxygen atoms in total. The number of esters is 1. The summed E-state index contributed by atoms with van der Waals surface area (Å²) in [6.07, 6.45) is 0. The minimum absolute atomic E-state index is 0.289. The third-order valence-corrected chi connectivity index (χ3v) is 2.50. The van der Waals surface area contributed by atoms with E-state index in [4.69, 9.17) is 4.74 Å². The lowest BCUT2D eigenvalue weighted by molar-refractivity contribution is -0.131. The zero-order valence-corrected chi connectivity index (χ0v) is 7.66. The van der Waals surface area contributed by atoms with E-state index >= 15 is 0 Å². The van der Waals surface area contributed by atoms with Crippen LogP contribution in [0.1, 0.15) is 6.92 Å². The normalized spacial score (nSPS) is 9.40. The molecule has 0 saturated heterocycles. The Hall–Kier alpha value is -0.350. The van der Waals surface area contributed by atoms with Crippen molar-refractivity contribution < 1.29 is 9.53 Å². The van der Waals surface area contributed by atoms with Gasteiger partial charge in [-0.3, -0.25) is 4.79 Å². The topological polar surface area (TPSA) is 26.3 Å². The third-order valence-electron chi connectivity index (χ3n) is 0.821. The maximum absolute atomic E-state index is 10.4. The fourth-order valence-corrected chi connectivity index (χ4v) is 1.83. The zero-order chi connectivity index (χ0) is 7.56. The number of hydrogen-bond acceptors (Lipinski definition) is 3. The highest BCUT2D eigenvalue weighted by molar-refractivity contribution is 9.10. The largest absolute Gasteiger partial charge is 0.414 e. The maximum Gasteiger partial charge on any atom is 0.308 e. The molecular formula is C6H5BrO2S. The predicted molar refractivity (Wildman–Crippen MR) is 43.3 cm³/mol. The quantitative estimate of drug-likeness (QED) is 0.680. The van der Waals surface area contributed by atoms with Crippen molar-refractivity contribution in [2.45, 2.75) is 6.92 Å². The van der Waals surface area contributed by atoms with Crippen molar-refractivity contribution in [3.8, 4) is 5.06 Å². The van der Waals surface area contributed by atoms with E-state index in [1.807, 2.05) is 11.4 Å². The molecule has 0 aliphatic rings. The Bertz CT molecular complexity index is 244. The van der Waals surface area contributed by atoms with Gasteiger partial charge in [-0.15, -0.1) is 11.3 Å². The molecule has 0 bridgehead atoms. The molecule has 0 saturated carbocycles. The van der Waals surface area contributed by atoms with Crippen LogP contribution < -0.4 is 4.74 Å². The molecule has 0 amide bonds. The molecular weight excluding hydrogens is 216 g/mol. The summed E-state index contributed by atoms with van der Waals surface area (Å²) >= 11 is 4.62. The molecule has 0 aliphatic carbocycles. The lowest BCUT2D eigenvalue weighted by Crippen LogP contribution is -1.99. The third kappa shape index (κ3) is 1.82. The fourth-order valence-electron chi connectivity index (χ4n) is 0.483. The van der Waals surface area contributed by atoms with Crippen molar-refractivity contribution in [1.82, 2.24) is 0 Å². The average Bonchev–Trinajstić information content (AvgIpc) is 2.15. The van der Waals surface area contributed by atoms with E-state index < -0.39 is 0 Å². The predicted octanol–water partition coefficient (Wildman–Crippen LogP) is 2.44. The van der Waals surface area contributed by atoms with Gasteiger partial charge >= 0.3 is 5.97 Å². The van der Waals surface area contributed by atoms with Gasteiger partial charge in [0, 0.05) is 6.92 Å². The number of carbonyl (C=O) groups excluding carboxylic acids is 1. The molecule has 0 atom stereocenters. The van der Waals surface area contributed by atoms with Crippen LogP contribution in [0.3, 0.4) is 0 Å². The Labute approximate surface area is 70.9 Å². The van der Waals surface area contributed by atoms with Crippen LogP contribution in [0.5, 0.6) is 5.06 Å². The van der Waals surface area contributed by atoms with Crippen molar-refractivity contribution in [3.63, 3.8) is 0 Å². The highest BCUT2D eigenvalue weighted by atomic mass is 79.9. The Morgan fingerprint density at radius 1 is 1.80 bits per heavy atom. The minimum Gasteiger partial charge on any atom is -0.414 e. The van der Waals surface area contributed by atoms with E-state index in [1.54, 1.807) is 0 Å². The summed E-state index contributed by atoms with van der Waals surface area (Å²) in [4.78, 5) is 10.4. The van der Waals surface area contributed by atoms with Gasteiger partial charge in [0.1, 0.15) is 0 Å². The standard InChI is InChI=1S/C6H5BrO2S/c1-4(8)9-6-5(7)2-3-10-6/h2-3H,1H3. The van der Waals surface area contributed by atoms with Gasteiger partial charge in [0.25, 0.3) is 0 Å². The first-order valence-electron chi connectivity index (χ1n) is 2.61. The molecule has 0 unspecified atom stereocenters. The number of rotatable bonds is 1. The van der Waals surface area contributed by atoms with Gasteiger partial charge in [0.2, 0.25) is 0 Å². The number of carbonyl (C=O) groups is 1. The second-order valence-electron chi connectivity index (χ2n) is 1.65. The van der Waals surface area contributed by atoms with Gasteiger partial charge in [-0.1, -0.05) is 0 Å². The lowest BCUT2D eigenvalue weighted by atomic mass is 10.6. The number of thiophene rings is 1. The van der Waals surface area contributed by atoms with Gasteiger partial charge in [0.15, 0.2) is 5.06 Å². The molecule has 10 heavy (non-hydrogen) atoms. The van der Waals surface area contributed by atoms with Gasteiger partial charge in [-0.2, -0.15) is 0 Å². The maximum atomic E-state index is 10.4. The molecule has 0 spiro atoms. The highest BCUT2D eigenvalue weighted by Gasteiger charge is 2.03. The van der Waals surface area contributed by atoms with E-state index in [0.717, 1.165) is 4.47 Å². The highest BCUT2D eigenvalue weighted by Crippen LogP contribution is 2.30. The van der Waals surface area contributed by atoms with Crippen LogP contribution in [0.4, 0.5) is 0 Å². The van der Waals surface area contributed by atoms with E-state index in [2.05, 4.69) is 15.9 Å². The molecule has 0 N–H and O–H groups in total. The van der Waals surface area contributed by atoms with E-state index in [9.17, 15) is 4.79 Å². The van der Waals surface area contributed by atoms with Crippen molar-refractivity contribution in [1.29, 1.82) is 0 Å². The van der Waals surface area contributed by atoms with Crippen LogP contribution in [0.15, 0.2) is 15.9 Å². The first kappa shape index (κ1) is 7.75. The zero-order valence-electron chi connectivity index (χ0n) is 5.26. The van der Waals surface area contributed by atoms with Crippen LogP contribution in [-0.2, 0) is 4.79 Å². The van der Waals surface area contributed by atoms with Gasteiger partial charge in [-0.25, -0.2) is 0 Å². The van der Waals surface area contributed by atoms with Crippen LogP contribution in [0.2, 0.25) is 0 Å². The van der Waals surface area contributed by atoms with Crippen LogP contribution in [0, 0.1) is 0 Å². The molecule has 1 aromatic rings. The summed E-state index contributed by atoms with van der Waals surface area (Å²) in [5.41, 5.74) is 0. The Balaban J connectivity index is 2.74. The van der Waals surface area contributed by atoms with Crippen molar-refractivity contribution in [2.24, 2.45) is 0 Å². The Morgan fingerprint density at radius 3 is 2.90 bits per heavy atom. The molecule has 1 rings (SSSR count). The van der Waals surface area contributed by atoms with Crippen molar-refractivity contribution in [2.75, 3.05) is 0 Å². The van der Waals surface area contributed by atoms with Gasteiger partial charge in [-0.05, 0) is 27.4 Å². The molecule has 1 aromatic heterocycles. The first-order valence-corrected chi connectivity index (χ1v) is 4.29. The smallest absolute Gasteiger partial charge is 0.308 e. The van der Waals surface area contributed by atoms with E-state index in [-0.39, 0.29) is 5.97 Å². The molecule has 0 radical (unpaired) electrons. The molecule has 54 valence electrons. The van der Waals surface area contributed by atoms with Crippen molar-refractivity contribution >= 4 is 33.2 Å². The van der Waals surface area contributed by atoms with Crippen LogP contribution in [-0.4, -0.2) is 5.97 Å². The van der Waals surface area contributed by atoms with E-state index in [0.29, 0.717) is 5.06 Å². The second-order valence-corrected chi connectivity index (χ2v) is 3.38. The van der Waals surface area contributed by atoms with E-state index in [1.165, 1.54) is 18.3 Å². The minimum atomic E-state index is -0.289. The SMILES string of the molecule is CC(=O)Oc1sccc1Br. The summed E-state index contributed by atoms with van der Waals surface area (Å²) in [6.45, 7) is 1.38. The monoisotopic (exact) mass is 220 g/mol. The summed E-state index contributed by atoms with van der Waals surface area (Å²) in [6, 6.07) is 1.84. The summed E-state index contributed by atoms with van der Waals surface area (Å²) in [7, 11) is 0. The number of halogens is 1. The number of ether oxygens (including phenoxy) is 1. The summed E-state index contributed by atoms with van der Waals surface area (Å²) in [5.74, 6) is -0.289. The number of hydrogen-bond donors (Lipinski definition) is 0. The van der Waals surface area contributed by atoms with Gasteiger partial charge < -0.3 is 4.74 Å². The molecule has 4 heteroatoms. The van der Waals surface area contributed by atoms with Crippen molar-refractivity contribution in [3.05, 3.63) is 15.9 Å².